The highest BCUT2D eigenvalue weighted by atomic mass is 16.5. The van der Waals surface area contributed by atoms with Gasteiger partial charge in [-0.25, -0.2) is 0 Å². The van der Waals surface area contributed by atoms with Crippen LogP contribution in [0.5, 0.6) is 5.75 Å². The van der Waals surface area contributed by atoms with Crippen LogP contribution < -0.4 is 14.5 Å². The average Bonchev–Trinajstić information content (AvgIpc) is 3.05. The van der Waals surface area contributed by atoms with E-state index in [-0.39, 0.29) is 11.8 Å². The van der Waals surface area contributed by atoms with Crippen LogP contribution in [0, 0.1) is 5.41 Å². The number of piperazine rings is 1. The van der Waals surface area contributed by atoms with Gasteiger partial charge in [-0.15, -0.1) is 0 Å². The molecule has 0 N–H and O–H groups in total. The van der Waals surface area contributed by atoms with Crippen LogP contribution in [0.25, 0.3) is 0 Å². The van der Waals surface area contributed by atoms with E-state index in [2.05, 4.69) is 70.5 Å². The summed E-state index contributed by atoms with van der Waals surface area (Å²) in [5.74, 6) is 0.325. The van der Waals surface area contributed by atoms with Gasteiger partial charge in [0.15, 0.2) is 0 Å². The van der Waals surface area contributed by atoms with Crippen molar-refractivity contribution in [2.75, 3.05) is 56.2 Å². The van der Waals surface area contributed by atoms with Crippen molar-refractivity contribution in [2.45, 2.75) is 46.2 Å². The van der Waals surface area contributed by atoms with Crippen LogP contribution in [0.1, 0.15) is 38.3 Å². The summed E-state index contributed by atoms with van der Waals surface area (Å²) in [4.78, 5) is 34.8. The quantitative estimate of drug-likeness (QED) is 0.247. The van der Waals surface area contributed by atoms with Crippen molar-refractivity contribution >= 4 is 23.2 Å². The second kappa shape index (κ2) is 13.1. The van der Waals surface area contributed by atoms with Crippen LogP contribution in [-0.2, 0) is 22.6 Å². The van der Waals surface area contributed by atoms with Gasteiger partial charge in [-0.3, -0.25) is 19.4 Å². The van der Waals surface area contributed by atoms with Crippen molar-refractivity contribution in [1.29, 1.82) is 0 Å². The number of fused-ring (bicyclic) bond motifs is 1. The van der Waals surface area contributed by atoms with Crippen LogP contribution >= 0.6 is 0 Å². The van der Waals surface area contributed by atoms with E-state index in [0.717, 1.165) is 51.3 Å². The zero-order valence-electron chi connectivity index (χ0n) is 25.5. The van der Waals surface area contributed by atoms with Crippen LogP contribution in [0.15, 0.2) is 78.9 Å². The number of benzene rings is 3. The van der Waals surface area contributed by atoms with Crippen molar-refractivity contribution in [3.63, 3.8) is 0 Å². The Morgan fingerprint density at radius 2 is 1.55 bits per heavy atom. The maximum atomic E-state index is 13.2. The highest BCUT2D eigenvalue weighted by molar-refractivity contribution is 6.20. The largest absolute Gasteiger partial charge is 0.493 e. The number of carbonyl (C=O) groups is 2. The Bertz CT molecular complexity index is 1360. The standard InChI is InChI=1S/C35H44N4O3/c1-5-39-31-18-17-30(24-32(31)36(4)33(40)35(2,3)34(39)41)42-22-12-19-38-21-20-37(25-28-15-10-7-11-16-28)26-29(38)23-27-13-8-6-9-14-27/h6-11,13-18,24,29H,5,12,19-23,25-26H2,1-4H3/t29-/m1/s1. The van der Waals surface area contributed by atoms with E-state index in [0.29, 0.717) is 30.6 Å². The molecule has 2 aliphatic rings. The van der Waals surface area contributed by atoms with E-state index in [1.165, 1.54) is 11.1 Å². The zero-order chi connectivity index (χ0) is 29.7. The maximum Gasteiger partial charge on any atom is 0.242 e. The molecule has 222 valence electrons. The van der Waals surface area contributed by atoms with Gasteiger partial charge in [0.2, 0.25) is 11.8 Å². The predicted molar refractivity (Wildman–Crippen MR) is 169 cm³/mol. The van der Waals surface area contributed by atoms with Crippen molar-refractivity contribution in [3.8, 4) is 5.75 Å². The van der Waals surface area contributed by atoms with Crippen LogP contribution in [-0.4, -0.2) is 74.0 Å². The lowest BCUT2D eigenvalue weighted by molar-refractivity contribution is -0.137. The fraction of sp³-hybridized carbons (Fsp3) is 0.429. The van der Waals surface area contributed by atoms with Gasteiger partial charge in [-0.2, -0.15) is 0 Å². The minimum absolute atomic E-state index is 0.178. The lowest BCUT2D eigenvalue weighted by atomic mass is 9.90. The number of rotatable bonds is 10. The summed E-state index contributed by atoms with van der Waals surface area (Å²) < 4.78 is 6.21. The third kappa shape index (κ3) is 6.53. The molecule has 0 bridgehead atoms. The summed E-state index contributed by atoms with van der Waals surface area (Å²) in [5, 5.41) is 0. The van der Waals surface area contributed by atoms with E-state index in [1.807, 2.05) is 25.1 Å². The Labute approximate surface area is 250 Å². The highest BCUT2D eigenvalue weighted by Gasteiger charge is 2.45. The fourth-order valence-electron chi connectivity index (χ4n) is 6.25. The van der Waals surface area contributed by atoms with E-state index in [1.54, 1.807) is 30.7 Å². The number of amides is 2. The lowest BCUT2D eigenvalue weighted by Gasteiger charge is -2.42. The van der Waals surface area contributed by atoms with Crippen LogP contribution in [0.4, 0.5) is 11.4 Å². The number of ether oxygens (including phenoxy) is 1. The molecular formula is C35H44N4O3. The second-order valence-corrected chi connectivity index (χ2v) is 12.0. The van der Waals surface area contributed by atoms with Gasteiger partial charge >= 0.3 is 0 Å². The molecule has 3 aromatic rings. The van der Waals surface area contributed by atoms with E-state index >= 15 is 0 Å². The minimum Gasteiger partial charge on any atom is -0.493 e. The minimum atomic E-state index is -1.12. The highest BCUT2D eigenvalue weighted by Crippen LogP contribution is 2.40. The molecule has 5 rings (SSSR count). The average molecular weight is 569 g/mol. The molecule has 7 nitrogen and oxygen atoms in total. The third-order valence-electron chi connectivity index (χ3n) is 8.64. The molecule has 0 spiro atoms. The summed E-state index contributed by atoms with van der Waals surface area (Å²) >= 11 is 0. The van der Waals surface area contributed by atoms with Crippen molar-refractivity contribution in [1.82, 2.24) is 9.80 Å². The smallest absolute Gasteiger partial charge is 0.242 e. The first-order valence-corrected chi connectivity index (χ1v) is 15.2. The Morgan fingerprint density at radius 3 is 2.24 bits per heavy atom. The first-order chi connectivity index (χ1) is 20.3. The second-order valence-electron chi connectivity index (χ2n) is 12.0. The monoisotopic (exact) mass is 568 g/mol. The van der Waals surface area contributed by atoms with Gasteiger partial charge in [0.05, 0.1) is 18.0 Å². The number of carbonyl (C=O) groups excluding carboxylic acids is 2. The van der Waals surface area contributed by atoms with Gasteiger partial charge in [-0.05, 0) is 56.9 Å². The number of anilines is 2. The Morgan fingerprint density at radius 1 is 0.857 bits per heavy atom. The molecule has 0 unspecified atom stereocenters. The molecular weight excluding hydrogens is 524 g/mol. The van der Waals surface area contributed by atoms with Crippen molar-refractivity contribution in [2.24, 2.45) is 5.41 Å². The summed E-state index contributed by atoms with van der Waals surface area (Å²) in [5.41, 5.74) is 3.06. The van der Waals surface area contributed by atoms with Crippen LogP contribution in [0.2, 0.25) is 0 Å². The Balaban J connectivity index is 1.21. The fourth-order valence-corrected chi connectivity index (χ4v) is 6.25. The molecule has 0 radical (unpaired) electrons. The van der Waals surface area contributed by atoms with Gasteiger partial charge in [0.1, 0.15) is 11.2 Å². The van der Waals surface area contributed by atoms with Crippen LogP contribution in [0.3, 0.4) is 0 Å². The Kier molecular flexibility index (Phi) is 9.29. The van der Waals surface area contributed by atoms with Gasteiger partial charge in [0.25, 0.3) is 0 Å². The van der Waals surface area contributed by atoms with Crippen molar-refractivity contribution in [3.05, 3.63) is 90.0 Å². The molecule has 2 aliphatic heterocycles. The Hall–Kier alpha value is -3.68. The summed E-state index contributed by atoms with van der Waals surface area (Å²) in [6.45, 7) is 11.5. The van der Waals surface area contributed by atoms with Gasteiger partial charge in [0, 0.05) is 58.4 Å². The predicted octanol–water partition coefficient (Wildman–Crippen LogP) is 5.24. The molecule has 0 saturated carbocycles. The van der Waals surface area contributed by atoms with E-state index in [4.69, 9.17) is 4.74 Å². The lowest BCUT2D eigenvalue weighted by Crippen LogP contribution is -2.53. The number of hydrogen-bond donors (Lipinski definition) is 0. The molecule has 42 heavy (non-hydrogen) atoms. The maximum absolute atomic E-state index is 13.2. The topological polar surface area (TPSA) is 56.3 Å². The van der Waals surface area contributed by atoms with Gasteiger partial charge in [-0.1, -0.05) is 60.7 Å². The van der Waals surface area contributed by atoms with E-state index < -0.39 is 5.41 Å². The summed E-state index contributed by atoms with van der Waals surface area (Å²) in [6.07, 6.45) is 1.93. The molecule has 2 heterocycles. The molecule has 3 aromatic carbocycles. The molecule has 2 amide bonds. The number of hydrogen-bond acceptors (Lipinski definition) is 5. The first kappa shape index (κ1) is 29.8. The summed E-state index contributed by atoms with van der Waals surface area (Å²) in [6, 6.07) is 27.7. The molecule has 7 heteroatoms. The van der Waals surface area contributed by atoms with E-state index in [9.17, 15) is 9.59 Å². The molecule has 0 aliphatic carbocycles. The zero-order valence-corrected chi connectivity index (χ0v) is 25.5. The summed E-state index contributed by atoms with van der Waals surface area (Å²) in [7, 11) is 1.74. The van der Waals surface area contributed by atoms with Gasteiger partial charge < -0.3 is 14.5 Å². The molecule has 1 atom stereocenters. The molecule has 0 aromatic heterocycles. The molecule has 1 fully saturated rings. The third-order valence-corrected chi connectivity index (χ3v) is 8.64. The normalized spacial score (nSPS) is 19.5. The SMILES string of the molecule is CCN1C(=O)C(C)(C)C(=O)N(C)c2cc(OCCCN3CCN(Cc4ccccc4)C[C@H]3Cc3ccccc3)ccc21. The number of nitrogens with zero attached hydrogens (tertiary/aromatic N) is 4. The first-order valence-electron chi connectivity index (χ1n) is 15.2. The molecule has 1 saturated heterocycles. The van der Waals surface area contributed by atoms with Crippen molar-refractivity contribution < 1.29 is 14.3 Å².